The highest BCUT2D eigenvalue weighted by molar-refractivity contribution is 5.71. The summed E-state index contributed by atoms with van der Waals surface area (Å²) in [6, 6.07) is 13.9. The standard InChI is InChI=1S/C30H30F2N6O4/c1-29(2,3)42-28(40)36-17-30(18-36)12-14-37(30)26-15-22(11-13-33-26)41-21-9-7-20(8-10-21)38-27(39)35(19-34-38)16-23-24(31)5-4-6-25(23)32/h4-11,13,15,19H,12,14,16-18H2,1-3H3. The predicted molar refractivity (Wildman–Crippen MR) is 150 cm³/mol. The van der Waals surface area contributed by atoms with Gasteiger partial charge in [-0.15, -0.1) is 0 Å². The average molecular weight is 577 g/mol. The van der Waals surface area contributed by atoms with Gasteiger partial charge < -0.3 is 19.3 Å². The van der Waals surface area contributed by atoms with E-state index in [1.807, 2.05) is 26.8 Å². The van der Waals surface area contributed by atoms with Crippen LogP contribution in [0.25, 0.3) is 5.69 Å². The van der Waals surface area contributed by atoms with E-state index in [-0.39, 0.29) is 23.7 Å². The molecule has 10 nitrogen and oxygen atoms in total. The summed E-state index contributed by atoms with van der Waals surface area (Å²) in [5, 5.41) is 4.10. The predicted octanol–water partition coefficient (Wildman–Crippen LogP) is 4.75. The molecular weight excluding hydrogens is 546 g/mol. The van der Waals surface area contributed by atoms with Crippen LogP contribution in [0.15, 0.2) is 71.9 Å². The first kappa shape index (κ1) is 27.4. The SMILES string of the molecule is CC(C)(C)OC(=O)N1CC2(CCN2c2cc(Oc3ccc(-n4ncn(Cc5c(F)cccc5F)c4=O)cc3)ccn2)C1. The van der Waals surface area contributed by atoms with Gasteiger partial charge in [0.1, 0.15) is 40.9 Å². The molecular formula is C30H30F2N6O4. The van der Waals surface area contributed by atoms with Crippen LogP contribution in [-0.2, 0) is 11.3 Å². The lowest BCUT2D eigenvalue weighted by Gasteiger charge is -2.62. The summed E-state index contributed by atoms with van der Waals surface area (Å²) in [6.07, 6.45) is 3.58. The maximum absolute atomic E-state index is 14.0. The molecule has 0 radical (unpaired) electrons. The molecule has 2 aromatic heterocycles. The molecule has 2 aromatic carbocycles. The molecule has 12 heteroatoms. The van der Waals surface area contributed by atoms with Gasteiger partial charge in [0, 0.05) is 37.5 Å². The van der Waals surface area contributed by atoms with Crippen molar-refractivity contribution in [1.82, 2.24) is 24.2 Å². The lowest BCUT2D eigenvalue weighted by Crippen LogP contribution is -2.78. The number of halogens is 2. The van der Waals surface area contributed by atoms with Crippen LogP contribution in [-0.4, -0.2) is 61.1 Å². The molecule has 42 heavy (non-hydrogen) atoms. The number of anilines is 1. The van der Waals surface area contributed by atoms with Gasteiger partial charge in [-0.3, -0.25) is 4.57 Å². The third kappa shape index (κ3) is 5.19. The number of hydrogen-bond donors (Lipinski definition) is 0. The number of pyridine rings is 1. The molecule has 0 saturated carbocycles. The van der Waals surface area contributed by atoms with Gasteiger partial charge in [-0.1, -0.05) is 6.07 Å². The van der Waals surface area contributed by atoms with E-state index >= 15 is 0 Å². The molecule has 1 spiro atoms. The molecule has 0 bridgehead atoms. The zero-order valence-corrected chi connectivity index (χ0v) is 23.5. The number of hydrogen-bond acceptors (Lipinski definition) is 7. The minimum absolute atomic E-state index is 0.140. The summed E-state index contributed by atoms with van der Waals surface area (Å²) in [5.74, 6) is 0.439. The quantitative estimate of drug-likeness (QED) is 0.327. The minimum atomic E-state index is -0.727. The zero-order valence-electron chi connectivity index (χ0n) is 23.5. The fourth-order valence-electron chi connectivity index (χ4n) is 5.22. The number of nitrogens with zero attached hydrogens (tertiary/aromatic N) is 6. The number of rotatable bonds is 6. The number of ether oxygens (including phenoxy) is 2. The van der Waals surface area contributed by atoms with Crippen LogP contribution >= 0.6 is 0 Å². The van der Waals surface area contributed by atoms with Gasteiger partial charge >= 0.3 is 11.8 Å². The van der Waals surface area contributed by atoms with E-state index in [4.69, 9.17) is 9.47 Å². The van der Waals surface area contributed by atoms with E-state index in [0.29, 0.717) is 30.3 Å². The van der Waals surface area contributed by atoms with Crippen molar-refractivity contribution in [2.45, 2.75) is 44.9 Å². The molecule has 4 aromatic rings. The smallest absolute Gasteiger partial charge is 0.410 e. The van der Waals surface area contributed by atoms with Crippen molar-refractivity contribution in [3.05, 3.63) is 94.8 Å². The van der Waals surface area contributed by atoms with Gasteiger partial charge in [0.25, 0.3) is 0 Å². The minimum Gasteiger partial charge on any atom is -0.457 e. The van der Waals surface area contributed by atoms with Crippen molar-refractivity contribution in [3.63, 3.8) is 0 Å². The Balaban J connectivity index is 1.11. The van der Waals surface area contributed by atoms with Crippen LogP contribution in [0.2, 0.25) is 0 Å². The normalized spacial score (nSPS) is 15.7. The topological polar surface area (TPSA) is 94.7 Å². The summed E-state index contributed by atoms with van der Waals surface area (Å²) >= 11 is 0. The Hall–Kier alpha value is -4.74. The Morgan fingerprint density at radius 2 is 1.74 bits per heavy atom. The van der Waals surface area contributed by atoms with Gasteiger partial charge in [0.2, 0.25) is 0 Å². The molecule has 2 aliphatic rings. The molecule has 2 aliphatic heterocycles. The molecule has 0 N–H and O–H groups in total. The summed E-state index contributed by atoms with van der Waals surface area (Å²) in [7, 11) is 0. The Bertz CT molecular complexity index is 1670. The molecule has 2 saturated heterocycles. The largest absolute Gasteiger partial charge is 0.457 e. The first-order valence-electron chi connectivity index (χ1n) is 13.6. The van der Waals surface area contributed by atoms with Crippen molar-refractivity contribution in [3.8, 4) is 17.2 Å². The summed E-state index contributed by atoms with van der Waals surface area (Å²) < 4.78 is 41.9. The van der Waals surface area contributed by atoms with E-state index in [1.165, 1.54) is 12.4 Å². The van der Waals surface area contributed by atoms with Crippen molar-refractivity contribution in [2.24, 2.45) is 0 Å². The van der Waals surface area contributed by atoms with Crippen LogP contribution in [0.1, 0.15) is 32.8 Å². The van der Waals surface area contributed by atoms with Crippen molar-refractivity contribution in [2.75, 3.05) is 24.5 Å². The second kappa shape index (κ2) is 10.3. The number of amides is 1. The molecule has 0 aliphatic carbocycles. The van der Waals surface area contributed by atoms with Gasteiger partial charge in [0.15, 0.2) is 0 Å². The Morgan fingerprint density at radius 1 is 1.02 bits per heavy atom. The zero-order chi connectivity index (χ0) is 29.6. The van der Waals surface area contributed by atoms with Crippen LogP contribution in [0.4, 0.5) is 19.4 Å². The van der Waals surface area contributed by atoms with Crippen LogP contribution < -0.4 is 15.3 Å². The van der Waals surface area contributed by atoms with Crippen LogP contribution in [0.5, 0.6) is 11.5 Å². The van der Waals surface area contributed by atoms with E-state index in [9.17, 15) is 18.4 Å². The van der Waals surface area contributed by atoms with Gasteiger partial charge in [-0.05, 0) is 69.7 Å². The maximum atomic E-state index is 14.0. The first-order chi connectivity index (χ1) is 20.0. The summed E-state index contributed by atoms with van der Waals surface area (Å²) in [6.45, 7) is 7.28. The second-order valence-electron chi connectivity index (χ2n) is 11.6. The highest BCUT2D eigenvalue weighted by atomic mass is 19.1. The molecule has 4 heterocycles. The number of likely N-dealkylation sites (tertiary alicyclic amines) is 1. The monoisotopic (exact) mass is 576 g/mol. The summed E-state index contributed by atoms with van der Waals surface area (Å²) in [5.41, 5.74) is -0.945. The summed E-state index contributed by atoms with van der Waals surface area (Å²) in [4.78, 5) is 33.7. The second-order valence-corrected chi connectivity index (χ2v) is 11.6. The molecule has 6 rings (SSSR count). The molecule has 218 valence electrons. The molecule has 0 atom stereocenters. The molecule has 1 amide bonds. The number of carbonyl (C=O) groups is 1. The van der Waals surface area contributed by atoms with Crippen molar-refractivity contribution in [1.29, 1.82) is 0 Å². The third-order valence-corrected chi connectivity index (χ3v) is 7.43. The van der Waals surface area contributed by atoms with Gasteiger partial charge in [-0.2, -0.15) is 9.78 Å². The van der Waals surface area contributed by atoms with Crippen LogP contribution in [0.3, 0.4) is 0 Å². The fraction of sp³-hybridized carbons (Fsp3) is 0.333. The fourth-order valence-corrected chi connectivity index (χ4v) is 5.22. The Morgan fingerprint density at radius 3 is 2.38 bits per heavy atom. The Kier molecular flexibility index (Phi) is 6.71. The Labute approximate surface area is 240 Å². The number of benzene rings is 2. The van der Waals surface area contributed by atoms with E-state index in [2.05, 4.69) is 15.0 Å². The first-order valence-corrected chi connectivity index (χ1v) is 13.6. The van der Waals surface area contributed by atoms with E-state index in [1.54, 1.807) is 41.4 Å². The number of aromatic nitrogens is 4. The highest BCUT2D eigenvalue weighted by Crippen LogP contribution is 2.43. The van der Waals surface area contributed by atoms with E-state index in [0.717, 1.165) is 40.2 Å². The lowest BCUT2D eigenvalue weighted by molar-refractivity contribution is -0.0223. The van der Waals surface area contributed by atoms with Crippen molar-refractivity contribution >= 4 is 11.9 Å². The van der Waals surface area contributed by atoms with Gasteiger partial charge in [-0.25, -0.2) is 23.4 Å². The third-order valence-electron chi connectivity index (χ3n) is 7.43. The van der Waals surface area contributed by atoms with Crippen LogP contribution in [0, 0.1) is 11.6 Å². The highest BCUT2D eigenvalue weighted by Gasteiger charge is 2.56. The van der Waals surface area contributed by atoms with Gasteiger partial charge in [0.05, 0.1) is 17.8 Å². The lowest BCUT2D eigenvalue weighted by atomic mass is 9.77. The maximum Gasteiger partial charge on any atom is 0.410 e. The number of carbonyl (C=O) groups excluding carboxylic acids is 1. The van der Waals surface area contributed by atoms with Crippen molar-refractivity contribution < 1.29 is 23.0 Å². The molecule has 2 fully saturated rings. The average Bonchev–Trinajstić information content (AvgIpc) is 3.24. The van der Waals surface area contributed by atoms with E-state index < -0.39 is 22.9 Å². The molecule has 0 unspecified atom stereocenters.